The number of aromatic nitrogens is 4. The highest BCUT2D eigenvalue weighted by molar-refractivity contribution is 5.78. The predicted molar refractivity (Wildman–Crippen MR) is 218 cm³/mol. The summed E-state index contributed by atoms with van der Waals surface area (Å²) in [5.41, 5.74) is 9.52. The van der Waals surface area contributed by atoms with E-state index >= 15 is 0 Å². The van der Waals surface area contributed by atoms with E-state index in [9.17, 15) is 0 Å². The van der Waals surface area contributed by atoms with Crippen molar-refractivity contribution in [3.63, 3.8) is 0 Å². The van der Waals surface area contributed by atoms with Crippen LogP contribution in [0.5, 0.6) is 0 Å². The lowest BCUT2D eigenvalue weighted by Crippen LogP contribution is -2.42. The number of nitrogens with zero attached hydrogens (tertiary/aromatic N) is 6. The Hall–Kier alpha value is -6.14. The van der Waals surface area contributed by atoms with Crippen molar-refractivity contribution >= 4 is 34.6 Å². The van der Waals surface area contributed by atoms with Crippen LogP contribution in [0.2, 0.25) is 0 Å². The Labute approximate surface area is 312 Å². The number of hydrogen-bond donors (Lipinski definition) is 0. The van der Waals surface area contributed by atoms with E-state index in [-0.39, 0.29) is 16.2 Å². The van der Waals surface area contributed by atoms with Crippen LogP contribution in [-0.4, -0.2) is 19.9 Å². The van der Waals surface area contributed by atoms with Crippen molar-refractivity contribution in [3.8, 4) is 22.6 Å². The number of anilines is 6. The van der Waals surface area contributed by atoms with Gasteiger partial charge < -0.3 is 0 Å². The van der Waals surface area contributed by atoms with Gasteiger partial charge in [0.05, 0.1) is 5.69 Å². The molecule has 0 N–H and O–H groups in total. The van der Waals surface area contributed by atoms with E-state index < -0.39 is 0 Å². The molecule has 1 aliphatic rings. The average molecular weight is 693 g/mol. The number of fused-ring (bicyclic) bond motifs is 1. The van der Waals surface area contributed by atoms with Gasteiger partial charge in [0.15, 0.2) is 5.82 Å². The molecule has 0 unspecified atom stereocenters. The molecule has 0 spiro atoms. The third-order valence-electron chi connectivity index (χ3n) is 11.9. The highest BCUT2D eigenvalue weighted by Crippen LogP contribution is 2.61. The highest BCUT2D eigenvalue weighted by Gasteiger charge is 2.56. The molecule has 0 fully saturated rings. The maximum atomic E-state index is 5.21. The second-order valence-electron chi connectivity index (χ2n) is 15.3. The number of pyridine rings is 1. The smallest absolute Gasteiger partial charge is 0.240 e. The van der Waals surface area contributed by atoms with Crippen LogP contribution in [0.25, 0.3) is 22.6 Å². The Morgan fingerprint density at radius 2 is 0.830 bits per heavy atom. The first-order valence-corrected chi connectivity index (χ1v) is 18.2. The summed E-state index contributed by atoms with van der Waals surface area (Å²) >= 11 is 0. The van der Waals surface area contributed by atoms with Gasteiger partial charge in [0.2, 0.25) is 11.9 Å². The van der Waals surface area contributed by atoms with E-state index in [4.69, 9.17) is 19.9 Å². The predicted octanol–water partition coefficient (Wildman–Crippen LogP) is 12.1. The Morgan fingerprint density at radius 1 is 0.415 bits per heavy atom. The number of benzene rings is 5. The van der Waals surface area contributed by atoms with E-state index in [0.717, 1.165) is 39.6 Å². The molecule has 7 aromatic rings. The Bertz CT molecular complexity index is 2170. The molecule has 1 aliphatic carbocycles. The summed E-state index contributed by atoms with van der Waals surface area (Å²) in [7, 11) is 0. The standard InChI is InChI=1S/C47H44N6/c1-45(2)39-29-27-33(31-40(39)46(3,4)47(45,5)6)41-30-28-34(32-48-41)42-49-43(52(35-19-11-7-12-20-35)36-21-13-8-14-22-36)51-44(50-42)53(37-23-15-9-16-24-37)38-25-17-10-18-26-38/h7-32H,1-6H3. The van der Waals surface area contributed by atoms with Crippen molar-refractivity contribution < 1.29 is 0 Å². The third kappa shape index (κ3) is 5.84. The topological polar surface area (TPSA) is 58.0 Å². The quantitative estimate of drug-likeness (QED) is 0.158. The molecule has 0 saturated carbocycles. The summed E-state index contributed by atoms with van der Waals surface area (Å²) in [5, 5.41) is 0. The SMILES string of the molecule is CC1(C)c2ccc(-c3ccc(-c4nc(N(c5ccccc5)c5ccccc5)nc(N(c5ccccc5)c5ccccc5)n4)cn3)cc2C(C)(C)C1(C)C. The summed E-state index contributed by atoms with van der Waals surface area (Å²) in [6.07, 6.45) is 1.88. The van der Waals surface area contributed by atoms with Gasteiger partial charge in [0, 0.05) is 40.1 Å². The lowest BCUT2D eigenvalue weighted by molar-refractivity contribution is 0.125. The monoisotopic (exact) mass is 692 g/mol. The van der Waals surface area contributed by atoms with Crippen molar-refractivity contribution in [2.45, 2.75) is 52.4 Å². The highest BCUT2D eigenvalue weighted by atomic mass is 15.3. The van der Waals surface area contributed by atoms with Crippen molar-refractivity contribution in [2.24, 2.45) is 5.41 Å². The lowest BCUT2D eigenvalue weighted by Gasteiger charge is -2.44. The molecular formula is C47H44N6. The van der Waals surface area contributed by atoms with E-state index in [0.29, 0.717) is 17.7 Å². The number of hydrogen-bond acceptors (Lipinski definition) is 6. The minimum Gasteiger partial charge on any atom is -0.279 e. The average Bonchev–Trinajstić information content (AvgIpc) is 3.29. The van der Waals surface area contributed by atoms with Gasteiger partial charge in [-0.3, -0.25) is 14.8 Å². The minimum absolute atomic E-state index is 0.00618. The van der Waals surface area contributed by atoms with E-state index in [1.54, 1.807) is 0 Å². The van der Waals surface area contributed by atoms with Gasteiger partial charge in [-0.25, -0.2) is 0 Å². The molecule has 262 valence electrons. The van der Waals surface area contributed by atoms with Gasteiger partial charge in [-0.05, 0) is 94.1 Å². The molecule has 6 nitrogen and oxygen atoms in total. The van der Waals surface area contributed by atoms with Crippen molar-refractivity contribution in [3.05, 3.63) is 169 Å². The minimum atomic E-state index is 0.00618. The molecule has 0 atom stereocenters. The summed E-state index contributed by atoms with van der Waals surface area (Å²) < 4.78 is 0. The van der Waals surface area contributed by atoms with E-state index in [2.05, 4.69) is 130 Å². The van der Waals surface area contributed by atoms with Gasteiger partial charge in [-0.2, -0.15) is 15.0 Å². The summed E-state index contributed by atoms with van der Waals surface area (Å²) in [4.78, 5) is 24.7. The summed E-state index contributed by atoms with van der Waals surface area (Å²) in [5.74, 6) is 1.51. The molecule has 0 bridgehead atoms. The van der Waals surface area contributed by atoms with Crippen LogP contribution in [0.3, 0.4) is 0 Å². The molecule has 8 rings (SSSR count). The van der Waals surface area contributed by atoms with Crippen molar-refractivity contribution in [1.82, 2.24) is 19.9 Å². The first kappa shape index (κ1) is 34.0. The summed E-state index contributed by atoms with van der Waals surface area (Å²) in [6, 6.07) is 51.8. The second-order valence-corrected chi connectivity index (χ2v) is 15.3. The first-order chi connectivity index (χ1) is 25.6. The fourth-order valence-electron chi connectivity index (χ4n) is 7.67. The van der Waals surface area contributed by atoms with Gasteiger partial charge in [-0.1, -0.05) is 126 Å². The molecule has 0 radical (unpaired) electrons. The van der Waals surface area contributed by atoms with Crippen LogP contribution in [0.4, 0.5) is 34.6 Å². The molecule has 2 aromatic heterocycles. The molecule has 0 aliphatic heterocycles. The molecule has 53 heavy (non-hydrogen) atoms. The van der Waals surface area contributed by atoms with E-state index in [1.165, 1.54) is 11.1 Å². The lowest BCUT2D eigenvalue weighted by atomic mass is 9.59. The van der Waals surface area contributed by atoms with Crippen LogP contribution in [-0.2, 0) is 10.8 Å². The molecule has 5 aromatic carbocycles. The van der Waals surface area contributed by atoms with Crippen LogP contribution >= 0.6 is 0 Å². The maximum Gasteiger partial charge on any atom is 0.240 e. The Balaban J connectivity index is 1.28. The third-order valence-corrected chi connectivity index (χ3v) is 11.9. The molecule has 0 amide bonds. The van der Waals surface area contributed by atoms with Gasteiger partial charge in [0.25, 0.3) is 0 Å². The van der Waals surface area contributed by atoms with Gasteiger partial charge in [0.1, 0.15) is 0 Å². The number of rotatable bonds is 8. The first-order valence-electron chi connectivity index (χ1n) is 18.2. The Morgan fingerprint density at radius 3 is 1.25 bits per heavy atom. The summed E-state index contributed by atoms with van der Waals surface area (Å²) in [6.45, 7) is 14.3. The zero-order chi connectivity index (χ0) is 36.8. The molecular weight excluding hydrogens is 649 g/mol. The zero-order valence-electron chi connectivity index (χ0n) is 31.2. The fraction of sp³-hybridized carbons (Fsp3) is 0.191. The maximum absolute atomic E-state index is 5.21. The second kappa shape index (κ2) is 13.1. The van der Waals surface area contributed by atoms with Crippen molar-refractivity contribution in [2.75, 3.05) is 9.80 Å². The van der Waals surface area contributed by atoms with E-state index in [1.807, 2.05) is 79.0 Å². The van der Waals surface area contributed by atoms with Crippen LogP contribution in [0, 0.1) is 5.41 Å². The van der Waals surface area contributed by atoms with Gasteiger partial charge >= 0.3 is 0 Å². The number of para-hydroxylation sites is 4. The van der Waals surface area contributed by atoms with Gasteiger partial charge in [-0.15, -0.1) is 0 Å². The van der Waals surface area contributed by atoms with Crippen LogP contribution in [0.1, 0.15) is 52.7 Å². The molecule has 6 heteroatoms. The Kier molecular flexibility index (Phi) is 8.41. The molecule has 0 saturated heterocycles. The zero-order valence-corrected chi connectivity index (χ0v) is 31.2. The molecule has 2 heterocycles. The van der Waals surface area contributed by atoms with Crippen molar-refractivity contribution in [1.29, 1.82) is 0 Å². The fourth-order valence-corrected chi connectivity index (χ4v) is 7.67. The van der Waals surface area contributed by atoms with Crippen LogP contribution in [0.15, 0.2) is 158 Å². The largest absolute Gasteiger partial charge is 0.279 e. The normalized spacial score (nSPS) is 15.1. The van der Waals surface area contributed by atoms with Crippen LogP contribution < -0.4 is 9.80 Å².